The van der Waals surface area contributed by atoms with Crippen LogP contribution in [0, 0.1) is 0 Å². The molecule has 3 nitrogen and oxygen atoms in total. The second-order valence-electron chi connectivity index (χ2n) is 5.51. The van der Waals surface area contributed by atoms with Crippen molar-refractivity contribution >= 4 is 11.0 Å². The highest BCUT2D eigenvalue weighted by Gasteiger charge is 1.99. The standard InChI is InChI=1S/C17H25N3/c1-2-3-4-5-6-7-8-9-10-15-11-12-16-17(13-15)20-19-14-18-16/h11-14H,2-10H2,1H3. The third-order valence-electron chi connectivity index (χ3n) is 3.77. The number of hydrogen-bond donors (Lipinski definition) is 0. The first-order chi connectivity index (χ1) is 9.90. The summed E-state index contributed by atoms with van der Waals surface area (Å²) < 4.78 is 0. The first-order valence-corrected chi connectivity index (χ1v) is 7.96. The Labute approximate surface area is 121 Å². The molecule has 2 rings (SSSR count). The maximum atomic E-state index is 4.19. The van der Waals surface area contributed by atoms with Crippen molar-refractivity contribution in [3.8, 4) is 0 Å². The van der Waals surface area contributed by atoms with Crippen LogP contribution in [0.15, 0.2) is 24.5 Å². The molecule has 0 unspecified atom stereocenters. The first-order valence-electron chi connectivity index (χ1n) is 7.96. The lowest BCUT2D eigenvalue weighted by Crippen LogP contribution is -1.90. The Kier molecular flexibility index (Phi) is 6.42. The summed E-state index contributed by atoms with van der Waals surface area (Å²) in [7, 11) is 0. The van der Waals surface area contributed by atoms with Gasteiger partial charge in [-0.15, -0.1) is 10.2 Å². The fourth-order valence-corrected chi connectivity index (χ4v) is 2.55. The molecule has 2 aromatic rings. The molecule has 0 radical (unpaired) electrons. The Balaban J connectivity index is 1.65. The van der Waals surface area contributed by atoms with Crippen LogP contribution in [0.1, 0.15) is 63.9 Å². The number of hydrogen-bond acceptors (Lipinski definition) is 3. The maximum Gasteiger partial charge on any atom is 0.138 e. The summed E-state index contributed by atoms with van der Waals surface area (Å²) in [5.41, 5.74) is 3.19. The average molecular weight is 271 g/mol. The topological polar surface area (TPSA) is 38.7 Å². The molecule has 0 bridgehead atoms. The quantitative estimate of drug-likeness (QED) is 0.620. The van der Waals surface area contributed by atoms with Gasteiger partial charge in [-0.3, -0.25) is 0 Å². The zero-order valence-corrected chi connectivity index (χ0v) is 12.5. The monoisotopic (exact) mass is 271 g/mol. The molecule has 0 N–H and O–H groups in total. The van der Waals surface area contributed by atoms with Gasteiger partial charge in [0, 0.05) is 0 Å². The van der Waals surface area contributed by atoms with Gasteiger partial charge in [0.05, 0.1) is 5.52 Å². The Morgan fingerprint density at radius 1 is 0.850 bits per heavy atom. The van der Waals surface area contributed by atoms with E-state index in [0.717, 1.165) is 17.5 Å². The summed E-state index contributed by atoms with van der Waals surface area (Å²) in [6, 6.07) is 6.33. The van der Waals surface area contributed by atoms with E-state index in [0.29, 0.717) is 0 Å². The molecule has 0 saturated carbocycles. The number of unbranched alkanes of at least 4 members (excludes halogenated alkanes) is 7. The molecular formula is C17H25N3. The van der Waals surface area contributed by atoms with E-state index in [-0.39, 0.29) is 0 Å². The van der Waals surface area contributed by atoms with Gasteiger partial charge in [-0.05, 0) is 30.5 Å². The zero-order chi connectivity index (χ0) is 14.0. The van der Waals surface area contributed by atoms with Crippen molar-refractivity contribution in [2.75, 3.05) is 0 Å². The van der Waals surface area contributed by atoms with E-state index >= 15 is 0 Å². The van der Waals surface area contributed by atoms with Gasteiger partial charge in [-0.1, -0.05) is 57.9 Å². The van der Waals surface area contributed by atoms with Crippen molar-refractivity contribution in [2.45, 2.75) is 64.7 Å². The predicted molar refractivity (Wildman–Crippen MR) is 83.6 cm³/mol. The van der Waals surface area contributed by atoms with Crippen LogP contribution >= 0.6 is 0 Å². The van der Waals surface area contributed by atoms with Crippen molar-refractivity contribution in [3.05, 3.63) is 30.1 Å². The minimum atomic E-state index is 0.907. The van der Waals surface area contributed by atoms with Gasteiger partial charge in [0.1, 0.15) is 11.8 Å². The van der Waals surface area contributed by atoms with Crippen LogP contribution in [0.5, 0.6) is 0 Å². The summed E-state index contributed by atoms with van der Waals surface area (Å²) >= 11 is 0. The van der Waals surface area contributed by atoms with Gasteiger partial charge in [0.25, 0.3) is 0 Å². The predicted octanol–water partition coefficient (Wildman–Crippen LogP) is 4.71. The van der Waals surface area contributed by atoms with E-state index in [2.05, 4.69) is 34.2 Å². The van der Waals surface area contributed by atoms with E-state index in [1.54, 1.807) is 0 Å². The number of fused-ring (bicyclic) bond motifs is 1. The van der Waals surface area contributed by atoms with E-state index in [9.17, 15) is 0 Å². The molecule has 0 aliphatic heterocycles. The third kappa shape index (κ3) is 4.87. The first kappa shape index (κ1) is 14.9. The second kappa shape index (κ2) is 8.62. The Bertz CT molecular complexity index is 510. The fourth-order valence-electron chi connectivity index (χ4n) is 2.55. The summed E-state index contributed by atoms with van der Waals surface area (Å²) in [4.78, 5) is 4.19. The Morgan fingerprint density at radius 2 is 1.60 bits per heavy atom. The van der Waals surface area contributed by atoms with Crippen LogP contribution in [0.25, 0.3) is 11.0 Å². The van der Waals surface area contributed by atoms with Crippen LogP contribution in [0.2, 0.25) is 0 Å². The van der Waals surface area contributed by atoms with Gasteiger partial charge < -0.3 is 0 Å². The van der Waals surface area contributed by atoms with Crippen LogP contribution < -0.4 is 0 Å². The molecule has 0 aliphatic carbocycles. The van der Waals surface area contributed by atoms with Gasteiger partial charge in [0.15, 0.2) is 0 Å². The zero-order valence-electron chi connectivity index (χ0n) is 12.5. The summed E-state index contributed by atoms with van der Waals surface area (Å²) in [6.07, 6.45) is 13.6. The molecule has 1 aromatic heterocycles. The number of aryl methyl sites for hydroxylation is 1. The smallest absolute Gasteiger partial charge is 0.138 e. The SMILES string of the molecule is CCCCCCCCCCc1ccc2ncnnc2c1. The van der Waals surface area contributed by atoms with Gasteiger partial charge in [-0.2, -0.15) is 0 Å². The largest absolute Gasteiger partial charge is 0.233 e. The Hall–Kier alpha value is -1.51. The molecular weight excluding hydrogens is 246 g/mol. The molecule has 0 amide bonds. The lowest BCUT2D eigenvalue weighted by molar-refractivity contribution is 0.575. The molecule has 0 aliphatic rings. The summed E-state index contributed by atoms with van der Waals surface area (Å²) in [6.45, 7) is 2.27. The number of benzene rings is 1. The highest BCUT2D eigenvalue weighted by molar-refractivity contribution is 5.73. The van der Waals surface area contributed by atoms with Crippen molar-refractivity contribution in [1.82, 2.24) is 15.2 Å². The van der Waals surface area contributed by atoms with Crippen molar-refractivity contribution in [3.63, 3.8) is 0 Å². The van der Waals surface area contributed by atoms with Gasteiger partial charge in [-0.25, -0.2) is 4.98 Å². The molecule has 1 aromatic carbocycles. The lowest BCUT2D eigenvalue weighted by Gasteiger charge is -2.03. The molecule has 0 fully saturated rings. The Morgan fingerprint density at radius 3 is 2.40 bits per heavy atom. The van der Waals surface area contributed by atoms with E-state index in [4.69, 9.17) is 0 Å². The van der Waals surface area contributed by atoms with Crippen LogP contribution in [0.3, 0.4) is 0 Å². The minimum Gasteiger partial charge on any atom is -0.233 e. The molecule has 20 heavy (non-hydrogen) atoms. The van der Waals surface area contributed by atoms with Crippen molar-refractivity contribution in [2.24, 2.45) is 0 Å². The summed E-state index contributed by atoms with van der Waals surface area (Å²) in [5.74, 6) is 0. The van der Waals surface area contributed by atoms with Gasteiger partial charge >= 0.3 is 0 Å². The fraction of sp³-hybridized carbons (Fsp3) is 0.588. The van der Waals surface area contributed by atoms with Crippen LogP contribution in [0.4, 0.5) is 0 Å². The lowest BCUT2D eigenvalue weighted by atomic mass is 10.0. The molecule has 0 spiro atoms. The van der Waals surface area contributed by atoms with Crippen LogP contribution in [-0.2, 0) is 6.42 Å². The molecule has 0 atom stereocenters. The van der Waals surface area contributed by atoms with E-state index < -0.39 is 0 Å². The number of rotatable bonds is 9. The number of aromatic nitrogens is 3. The van der Waals surface area contributed by atoms with E-state index in [1.807, 2.05) is 6.07 Å². The normalized spacial score (nSPS) is 11.1. The minimum absolute atomic E-state index is 0.907. The number of nitrogens with zero attached hydrogens (tertiary/aromatic N) is 3. The molecule has 108 valence electrons. The van der Waals surface area contributed by atoms with Gasteiger partial charge in [0.2, 0.25) is 0 Å². The molecule has 1 heterocycles. The van der Waals surface area contributed by atoms with Crippen molar-refractivity contribution in [1.29, 1.82) is 0 Å². The summed E-state index contributed by atoms with van der Waals surface area (Å²) in [5, 5.41) is 7.95. The molecule has 0 saturated heterocycles. The maximum absolute atomic E-state index is 4.19. The van der Waals surface area contributed by atoms with E-state index in [1.165, 1.54) is 63.3 Å². The third-order valence-corrected chi connectivity index (χ3v) is 3.77. The highest BCUT2D eigenvalue weighted by atomic mass is 15.1. The average Bonchev–Trinajstić information content (AvgIpc) is 2.50. The second-order valence-corrected chi connectivity index (χ2v) is 5.51. The molecule has 3 heteroatoms. The highest BCUT2D eigenvalue weighted by Crippen LogP contribution is 2.14. The van der Waals surface area contributed by atoms with Crippen molar-refractivity contribution < 1.29 is 0 Å². The van der Waals surface area contributed by atoms with Crippen LogP contribution in [-0.4, -0.2) is 15.2 Å².